The zero-order valence-electron chi connectivity index (χ0n) is 13.7. The summed E-state index contributed by atoms with van der Waals surface area (Å²) < 4.78 is 4.68. The van der Waals surface area contributed by atoms with Gasteiger partial charge in [0.05, 0.1) is 12.8 Å². The highest BCUT2D eigenvalue weighted by molar-refractivity contribution is 7.17. The summed E-state index contributed by atoms with van der Waals surface area (Å²) >= 11 is 1.35. The Bertz CT molecular complexity index is 695. The number of amides is 1. The van der Waals surface area contributed by atoms with Crippen molar-refractivity contribution in [2.45, 2.75) is 26.8 Å². The fourth-order valence-electron chi connectivity index (χ4n) is 2.12. The van der Waals surface area contributed by atoms with Gasteiger partial charge in [-0.15, -0.1) is 11.3 Å². The lowest BCUT2D eigenvalue weighted by Crippen LogP contribution is -2.41. The molecule has 23 heavy (non-hydrogen) atoms. The van der Waals surface area contributed by atoms with Gasteiger partial charge >= 0.3 is 5.97 Å². The highest BCUT2D eigenvalue weighted by atomic mass is 32.1. The third-order valence-electron chi connectivity index (χ3n) is 3.42. The molecule has 0 atom stereocenters. The number of methoxy groups -OCH3 is 1. The molecule has 122 valence electrons. The molecule has 0 aliphatic heterocycles. The minimum Gasteiger partial charge on any atom is -0.468 e. The van der Waals surface area contributed by atoms with Gasteiger partial charge in [-0.2, -0.15) is 0 Å². The summed E-state index contributed by atoms with van der Waals surface area (Å²) in [6.07, 6.45) is 0. The van der Waals surface area contributed by atoms with E-state index in [1.54, 1.807) is 0 Å². The number of nitrogens with zero attached hydrogens (tertiary/aromatic N) is 2. The average molecular weight is 332 g/mol. The Kier molecular flexibility index (Phi) is 5.50. The first-order valence-electron chi connectivity index (χ1n) is 7.34. The minimum absolute atomic E-state index is 0.0645. The second kappa shape index (κ2) is 7.37. The molecule has 0 spiro atoms. The molecule has 0 radical (unpaired) electrons. The molecule has 0 fully saturated rings. The van der Waals surface area contributed by atoms with Crippen LogP contribution in [0, 0.1) is 6.92 Å². The van der Waals surface area contributed by atoms with Crippen molar-refractivity contribution in [1.82, 2.24) is 9.88 Å². The van der Waals surface area contributed by atoms with Gasteiger partial charge in [0, 0.05) is 11.6 Å². The minimum atomic E-state index is -0.433. The van der Waals surface area contributed by atoms with Gasteiger partial charge in [-0.3, -0.25) is 9.59 Å². The fourth-order valence-corrected chi connectivity index (χ4v) is 3.15. The van der Waals surface area contributed by atoms with Gasteiger partial charge in [0.15, 0.2) is 0 Å². The average Bonchev–Trinajstić information content (AvgIpc) is 2.94. The predicted octanol–water partition coefficient (Wildman–Crippen LogP) is 3.14. The smallest absolute Gasteiger partial charge is 0.325 e. The number of carbonyl (C=O) groups is 2. The maximum atomic E-state index is 12.8. The van der Waals surface area contributed by atoms with E-state index in [1.807, 2.05) is 51.1 Å². The van der Waals surface area contributed by atoms with Crippen LogP contribution in [0.5, 0.6) is 0 Å². The predicted molar refractivity (Wildman–Crippen MR) is 90.5 cm³/mol. The van der Waals surface area contributed by atoms with Crippen LogP contribution < -0.4 is 0 Å². The van der Waals surface area contributed by atoms with Gasteiger partial charge in [-0.05, 0) is 20.8 Å². The number of hydrogen-bond acceptors (Lipinski definition) is 5. The molecule has 2 aromatic rings. The number of esters is 1. The van der Waals surface area contributed by atoms with Crippen LogP contribution >= 0.6 is 11.3 Å². The zero-order valence-corrected chi connectivity index (χ0v) is 14.5. The van der Waals surface area contributed by atoms with Crippen molar-refractivity contribution in [3.05, 3.63) is 40.9 Å². The molecule has 0 saturated heterocycles. The largest absolute Gasteiger partial charge is 0.468 e. The molecule has 2 rings (SSSR count). The van der Waals surface area contributed by atoms with Crippen LogP contribution in [-0.2, 0) is 9.53 Å². The Labute approximate surface area is 139 Å². The Morgan fingerprint density at radius 2 is 1.91 bits per heavy atom. The van der Waals surface area contributed by atoms with Crippen LogP contribution in [0.4, 0.5) is 0 Å². The summed E-state index contributed by atoms with van der Waals surface area (Å²) in [5.74, 6) is -0.625. The van der Waals surface area contributed by atoms with Crippen molar-refractivity contribution in [2.24, 2.45) is 0 Å². The highest BCUT2D eigenvalue weighted by Gasteiger charge is 2.26. The maximum Gasteiger partial charge on any atom is 0.325 e. The molecule has 5 nitrogen and oxygen atoms in total. The SMILES string of the molecule is COC(=O)CN(C(=O)c1sc(-c2ccccc2)nc1C)C(C)C. The van der Waals surface area contributed by atoms with Crippen molar-refractivity contribution in [1.29, 1.82) is 0 Å². The molecule has 0 N–H and O–H groups in total. The second-order valence-corrected chi connectivity index (χ2v) is 6.40. The number of benzene rings is 1. The highest BCUT2D eigenvalue weighted by Crippen LogP contribution is 2.29. The Hall–Kier alpha value is -2.21. The van der Waals surface area contributed by atoms with Gasteiger partial charge in [0.1, 0.15) is 16.4 Å². The molecule has 6 heteroatoms. The monoisotopic (exact) mass is 332 g/mol. The van der Waals surface area contributed by atoms with Gasteiger partial charge in [0.25, 0.3) is 5.91 Å². The van der Waals surface area contributed by atoms with Crippen LogP contribution in [0.3, 0.4) is 0 Å². The number of ether oxygens (including phenoxy) is 1. The first kappa shape index (κ1) is 17.1. The van der Waals surface area contributed by atoms with Gasteiger partial charge in [0.2, 0.25) is 0 Å². The molecule has 0 unspecified atom stereocenters. The molecule has 0 aliphatic carbocycles. The third-order valence-corrected chi connectivity index (χ3v) is 4.62. The molecule has 1 amide bonds. The number of carbonyl (C=O) groups excluding carboxylic acids is 2. The molecule has 1 heterocycles. The van der Waals surface area contributed by atoms with Crippen molar-refractivity contribution in [2.75, 3.05) is 13.7 Å². The van der Waals surface area contributed by atoms with Crippen molar-refractivity contribution in [3.8, 4) is 10.6 Å². The Balaban J connectivity index is 2.31. The van der Waals surface area contributed by atoms with Crippen LogP contribution in [0.2, 0.25) is 0 Å². The summed E-state index contributed by atoms with van der Waals surface area (Å²) in [4.78, 5) is 30.9. The third kappa shape index (κ3) is 3.96. The van der Waals surface area contributed by atoms with E-state index in [-0.39, 0.29) is 18.5 Å². The molecule has 1 aromatic carbocycles. The lowest BCUT2D eigenvalue weighted by Gasteiger charge is -2.25. The number of aryl methyl sites for hydroxylation is 1. The van der Waals surface area contributed by atoms with Gasteiger partial charge in [-0.1, -0.05) is 30.3 Å². The van der Waals surface area contributed by atoms with E-state index in [1.165, 1.54) is 23.3 Å². The van der Waals surface area contributed by atoms with E-state index in [0.29, 0.717) is 10.6 Å². The quantitative estimate of drug-likeness (QED) is 0.789. The van der Waals surface area contributed by atoms with Crippen molar-refractivity contribution >= 4 is 23.2 Å². The second-order valence-electron chi connectivity index (χ2n) is 5.40. The van der Waals surface area contributed by atoms with E-state index in [4.69, 9.17) is 0 Å². The number of thiazole rings is 1. The van der Waals surface area contributed by atoms with E-state index < -0.39 is 5.97 Å². The van der Waals surface area contributed by atoms with Crippen LogP contribution in [0.1, 0.15) is 29.2 Å². The summed E-state index contributed by atoms with van der Waals surface area (Å²) in [5, 5.41) is 0.799. The van der Waals surface area contributed by atoms with Gasteiger partial charge < -0.3 is 9.64 Å². The van der Waals surface area contributed by atoms with Crippen LogP contribution in [0.25, 0.3) is 10.6 Å². The van der Waals surface area contributed by atoms with E-state index in [2.05, 4.69) is 9.72 Å². The molecular weight excluding hydrogens is 312 g/mol. The standard InChI is InChI=1S/C17H20N2O3S/c1-11(2)19(10-14(20)22-4)17(21)15-12(3)18-16(23-15)13-8-6-5-7-9-13/h5-9,11H,10H2,1-4H3. The Morgan fingerprint density at radius 1 is 1.26 bits per heavy atom. The molecular formula is C17H20N2O3S. The van der Waals surface area contributed by atoms with Crippen molar-refractivity contribution < 1.29 is 14.3 Å². The van der Waals surface area contributed by atoms with E-state index >= 15 is 0 Å². The summed E-state index contributed by atoms with van der Waals surface area (Å²) in [5.41, 5.74) is 1.65. The van der Waals surface area contributed by atoms with Crippen LogP contribution in [-0.4, -0.2) is 41.5 Å². The molecule has 1 aromatic heterocycles. The normalized spacial score (nSPS) is 10.7. The zero-order chi connectivity index (χ0) is 17.0. The summed E-state index contributed by atoms with van der Waals surface area (Å²) in [6, 6.07) is 9.62. The molecule has 0 bridgehead atoms. The van der Waals surface area contributed by atoms with Crippen LogP contribution in [0.15, 0.2) is 30.3 Å². The van der Waals surface area contributed by atoms with Gasteiger partial charge in [-0.25, -0.2) is 4.98 Å². The van der Waals surface area contributed by atoms with E-state index in [0.717, 1.165) is 10.6 Å². The molecule has 0 aliphatic rings. The summed E-state index contributed by atoms with van der Waals surface area (Å²) in [7, 11) is 1.32. The summed E-state index contributed by atoms with van der Waals surface area (Å²) in [6.45, 7) is 5.49. The number of hydrogen-bond donors (Lipinski definition) is 0. The van der Waals surface area contributed by atoms with Crippen molar-refractivity contribution in [3.63, 3.8) is 0 Å². The first-order chi connectivity index (χ1) is 10.9. The number of aromatic nitrogens is 1. The Morgan fingerprint density at radius 3 is 2.48 bits per heavy atom. The number of rotatable bonds is 5. The fraction of sp³-hybridized carbons (Fsp3) is 0.353. The topological polar surface area (TPSA) is 59.5 Å². The first-order valence-corrected chi connectivity index (χ1v) is 8.16. The molecule has 0 saturated carbocycles. The lowest BCUT2D eigenvalue weighted by molar-refractivity contribution is -0.141. The maximum absolute atomic E-state index is 12.8. The lowest BCUT2D eigenvalue weighted by atomic mass is 10.2. The van der Waals surface area contributed by atoms with E-state index in [9.17, 15) is 9.59 Å².